The Morgan fingerprint density at radius 3 is 2.11 bits per heavy atom. The maximum atomic E-state index is 15.9. The van der Waals surface area contributed by atoms with Gasteiger partial charge in [0.15, 0.2) is 0 Å². The van der Waals surface area contributed by atoms with Gasteiger partial charge in [0, 0.05) is 11.1 Å². The number of benzene rings is 3. The first kappa shape index (κ1) is 29.5. The quantitative estimate of drug-likeness (QED) is 0.107. The van der Waals surface area contributed by atoms with Crippen LogP contribution in [0.2, 0.25) is 0 Å². The number of rotatable bonds is 16. The molecule has 5 heteroatoms. The fraction of sp³-hybridized carbons (Fsp3) is 0.424. The number of halogens is 2. The van der Waals surface area contributed by atoms with E-state index < -0.39 is 17.6 Å². The maximum Gasteiger partial charge on any atom is 0.376 e. The Hall–Kier alpha value is -3.05. The van der Waals surface area contributed by atoms with E-state index in [4.69, 9.17) is 9.78 Å². The highest BCUT2D eigenvalue weighted by Crippen LogP contribution is 2.37. The SMILES string of the molecule is CCCCCCCCCOOC(=O)c1ccc(-c2ccccc2)c(-c2ccc(CCCCC)cc2F)c1F. The molecule has 0 unspecified atom stereocenters. The van der Waals surface area contributed by atoms with Crippen molar-refractivity contribution in [3.63, 3.8) is 0 Å². The number of carbonyl (C=O) groups excluding carboxylic acids is 1. The summed E-state index contributed by atoms with van der Waals surface area (Å²) in [6.45, 7) is 4.56. The van der Waals surface area contributed by atoms with Gasteiger partial charge in [-0.2, -0.15) is 4.89 Å². The lowest BCUT2D eigenvalue weighted by molar-refractivity contribution is -0.241. The maximum absolute atomic E-state index is 15.9. The number of hydrogen-bond donors (Lipinski definition) is 0. The lowest BCUT2D eigenvalue weighted by Crippen LogP contribution is -2.10. The van der Waals surface area contributed by atoms with Gasteiger partial charge in [-0.3, -0.25) is 4.89 Å². The molecule has 0 aromatic heterocycles. The summed E-state index contributed by atoms with van der Waals surface area (Å²) in [5.41, 5.74) is 1.96. The van der Waals surface area contributed by atoms with Crippen molar-refractivity contribution in [1.29, 1.82) is 0 Å². The van der Waals surface area contributed by atoms with Crippen LogP contribution in [0.25, 0.3) is 22.3 Å². The lowest BCUT2D eigenvalue weighted by Gasteiger charge is -2.15. The number of unbranched alkanes of at least 4 members (excludes halogenated alkanes) is 8. The molecule has 0 N–H and O–H groups in total. The molecule has 3 rings (SSSR count). The molecule has 0 aliphatic heterocycles. The minimum Gasteiger partial charge on any atom is -0.293 e. The van der Waals surface area contributed by atoms with E-state index in [0.29, 0.717) is 5.56 Å². The van der Waals surface area contributed by atoms with E-state index in [1.165, 1.54) is 37.8 Å². The van der Waals surface area contributed by atoms with Gasteiger partial charge in [0.2, 0.25) is 0 Å². The Bertz CT molecular complexity index is 1140. The Morgan fingerprint density at radius 2 is 1.39 bits per heavy atom. The smallest absolute Gasteiger partial charge is 0.293 e. The third-order valence-electron chi connectivity index (χ3n) is 6.78. The van der Waals surface area contributed by atoms with Gasteiger partial charge in [-0.25, -0.2) is 13.6 Å². The Morgan fingerprint density at radius 1 is 0.737 bits per heavy atom. The van der Waals surface area contributed by atoms with Gasteiger partial charge in [-0.15, -0.1) is 0 Å². The van der Waals surface area contributed by atoms with Crippen LogP contribution in [0, 0.1) is 11.6 Å². The van der Waals surface area contributed by atoms with Crippen molar-refractivity contribution in [2.24, 2.45) is 0 Å². The van der Waals surface area contributed by atoms with E-state index in [1.807, 2.05) is 36.4 Å². The summed E-state index contributed by atoms with van der Waals surface area (Å²) in [5.74, 6) is -2.27. The van der Waals surface area contributed by atoms with Gasteiger partial charge in [0.1, 0.15) is 11.6 Å². The predicted octanol–water partition coefficient (Wildman–Crippen LogP) is 9.87. The second-order valence-electron chi connectivity index (χ2n) is 9.80. The van der Waals surface area contributed by atoms with Crippen molar-refractivity contribution < 1.29 is 23.4 Å². The lowest BCUT2D eigenvalue weighted by atomic mass is 9.91. The highest BCUT2D eigenvalue weighted by Gasteiger charge is 2.24. The first-order valence-electron chi connectivity index (χ1n) is 14.1. The molecule has 0 spiro atoms. The van der Waals surface area contributed by atoms with E-state index >= 15 is 8.78 Å². The largest absolute Gasteiger partial charge is 0.376 e. The van der Waals surface area contributed by atoms with Gasteiger partial charge in [-0.05, 0) is 48.1 Å². The molecule has 0 aliphatic carbocycles. The average Bonchev–Trinajstić information content (AvgIpc) is 2.93. The molecule has 0 saturated heterocycles. The number of hydrogen-bond acceptors (Lipinski definition) is 3. The van der Waals surface area contributed by atoms with Crippen molar-refractivity contribution in [3.8, 4) is 22.3 Å². The van der Waals surface area contributed by atoms with Crippen LogP contribution in [0.5, 0.6) is 0 Å². The van der Waals surface area contributed by atoms with E-state index in [-0.39, 0.29) is 23.3 Å². The fourth-order valence-electron chi connectivity index (χ4n) is 4.61. The normalized spacial score (nSPS) is 11.1. The van der Waals surface area contributed by atoms with Crippen LogP contribution in [0.3, 0.4) is 0 Å². The second-order valence-corrected chi connectivity index (χ2v) is 9.80. The molecule has 0 amide bonds. The minimum absolute atomic E-state index is 0.0373. The zero-order valence-corrected chi connectivity index (χ0v) is 22.7. The van der Waals surface area contributed by atoms with Gasteiger partial charge >= 0.3 is 5.97 Å². The average molecular weight is 523 g/mol. The van der Waals surface area contributed by atoms with Crippen molar-refractivity contribution in [1.82, 2.24) is 0 Å². The third-order valence-corrected chi connectivity index (χ3v) is 6.78. The van der Waals surface area contributed by atoms with Gasteiger partial charge < -0.3 is 0 Å². The molecular formula is C33H40F2O3. The minimum atomic E-state index is -0.928. The molecular weight excluding hydrogens is 482 g/mol. The second kappa shape index (κ2) is 16.0. The molecule has 0 aliphatic rings. The van der Waals surface area contributed by atoms with Crippen molar-refractivity contribution in [2.45, 2.75) is 84.5 Å². The Kier molecular flexibility index (Phi) is 12.4. The Balaban J connectivity index is 1.78. The molecule has 3 aromatic rings. The summed E-state index contributed by atoms with van der Waals surface area (Å²) >= 11 is 0. The number of carbonyl (C=O) groups is 1. The van der Waals surface area contributed by atoms with E-state index in [2.05, 4.69) is 13.8 Å². The summed E-state index contributed by atoms with van der Waals surface area (Å²) < 4.78 is 31.3. The van der Waals surface area contributed by atoms with Crippen LogP contribution >= 0.6 is 0 Å². The van der Waals surface area contributed by atoms with Crippen molar-refractivity contribution in [2.75, 3.05) is 6.61 Å². The zero-order chi connectivity index (χ0) is 27.2. The van der Waals surface area contributed by atoms with Gasteiger partial charge in [0.25, 0.3) is 0 Å². The standard InChI is InChI=1S/C33H40F2O3/c1-3-5-7-8-9-10-15-23-37-38-33(36)29-22-21-27(26-17-13-11-14-18-26)31(32(29)35)28-20-19-25(24-30(28)34)16-12-6-4-2/h11,13-14,17-22,24H,3-10,12,15-16,23H2,1-2H3. The highest BCUT2D eigenvalue weighted by molar-refractivity contribution is 5.95. The molecule has 0 bridgehead atoms. The van der Waals surface area contributed by atoms with Crippen molar-refractivity contribution in [3.05, 3.63) is 83.4 Å². The van der Waals surface area contributed by atoms with Crippen LogP contribution in [0.4, 0.5) is 8.78 Å². The monoisotopic (exact) mass is 522 g/mol. The van der Waals surface area contributed by atoms with Crippen LogP contribution in [0.15, 0.2) is 60.7 Å². The zero-order valence-electron chi connectivity index (χ0n) is 22.7. The van der Waals surface area contributed by atoms with E-state index in [9.17, 15) is 4.79 Å². The molecule has 38 heavy (non-hydrogen) atoms. The molecule has 0 saturated carbocycles. The first-order valence-corrected chi connectivity index (χ1v) is 14.1. The topological polar surface area (TPSA) is 35.5 Å². The summed E-state index contributed by atoms with van der Waals surface area (Å²) in [6.07, 6.45) is 11.6. The first-order chi connectivity index (χ1) is 18.6. The molecule has 3 nitrogen and oxygen atoms in total. The van der Waals surface area contributed by atoms with Crippen LogP contribution in [-0.4, -0.2) is 12.6 Å². The molecule has 0 fully saturated rings. The van der Waals surface area contributed by atoms with E-state index in [1.54, 1.807) is 12.1 Å². The summed E-state index contributed by atoms with van der Waals surface area (Å²) in [7, 11) is 0. The fourth-order valence-corrected chi connectivity index (χ4v) is 4.61. The molecule has 0 heterocycles. The molecule has 0 radical (unpaired) electrons. The van der Waals surface area contributed by atoms with Crippen LogP contribution in [0.1, 0.15) is 94.0 Å². The summed E-state index contributed by atoms with van der Waals surface area (Å²) in [5, 5.41) is 0. The molecule has 204 valence electrons. The van der Waals surface area contributed by atoms with E-state index in [0.717, 1.165) is 56.1 Å². The van der Waals surface area contributed by atoms with Crippen molar-refractivity contribution >= 4 is 5.97 Å². The number of aryl methyl sites for hydroxylation is 1. The molecule has 0 atom stereocenters. The van der Waals surface area contributed by atoms with Gasteiger partial charge in [0.05, 0.1) is 12.2 Å². The van der Waals surface area contributed by atoms with Gasteiger partial charge in [-0.1, -0.05) is 114 Å². The van der Waals surface area contributed by atoms with Crippen LogP contribution < -0.4 is 0 Å². The Labute approximate surface area is 226 Å². The molecule has 3 aromatic carbocycles. The third kappa shape index (κ3) is 8.49. The summed E-state index contributed by atoms with van der Waals surface area (Å²) in [4.78, 5) is 22.7. The summed E-state index contributed by atoms with van der Waals surface area (Å²) in [6, 6.07) is 17.1. The highest BCUT2D eigenvalue weighted by atomic mass is 19.1. The predicted molar refractivity (Wildman–Crippen MR) is 150 cm³/mol. The van der Waals surface area contributed by atoms with Crippen LogP contribution in [-0.2, 0) is 16.2 Å².